The van der Waals surface area contributed by atoms with E-state index in [4.69, 9.17) is 0 Å². The molecule has 1 heteroatoms. The number of rotatable bonds is 0. The minimum absolute atomic E-state index is 0.293. The highest BCUT2D eigenvalue weighted by Crippen LogP contribution is 2.20. The third-order valence-corrected chi connectivity index (χ3v) is 1.64. The molecule has 68 valence electrons. The van der Waals surface area contributed by atoms with Crippen molar-refractivity contribution in [1.29, 1.82) is 0 Å². The van der Waals surface area contributed by atoms with Crippen molar-refractivity contribution < 1.29 is 0 Å². The van der Waals surface area contributed by atoms with Crippen molar-refractivity contribution in [2.75, 3.05) is 4.93 Å². The van der Waals surface area contributed by atoms with Gasteiger partial charge in [0.15, 0.2) is 0 Å². The molecule has 0 aliphatic heterocycles. The second-order valence-electron chi connectivity index (χ2n) is 3.62. The molecule has 0 bridgehead atoms. The molecule has 1 aromatic carbocycles. The van der Waals surface area contributed by atoms with E-state index in [0.29, 0.717) is 5.41 Å². The van der Waals surface area contributed by atoms with Gasteiger partial charge in [0.05, 0.1) is 0 Å². The summed E-state index contributed by atoms with van der Waals surface area (Å²) in [7, 11) is 0. The average Bonchev–Trinajstić information content (AvgIpc) is 2.08. The van der Waals surface area contributed by atoms with Crippen LogP contribution in [0.1, 0.15) is 26.3 Å². The molecule has 0 unspecified atom stereocenters. The zero-order valence-corrected chi connectivity index (χ0v) is 10.4. The van der Waals surface area contributed by atoms with Gasteiger partial charge in [-0.2, -0.15) is 0 Å². The van der Waals surface area contributed by atoms with E-state index in [2.05, 4.69) is 73.7 Å². The third-order valence-electron chi connectivity index (χ3n) is 1.64. The Balaban J connectivity index is 0.000000561. The monoisotopic (exact) mass is 276 g/mol. The van der Waals surface area contributed by atoms with Crippen LogP contribution in [0.3, 0.4) is 0 Å². The summed E-state index contributed by atoms with van der Waals surface area (Å²) in [6.45, 7) is 6.67. The number of alkyl halides is 1. The highest BCUT2D eigenvalue weighted by Gasteiger charge is 2.11. The van der Waals surface area contributed by atoms with Crippen molar-refractivity contribution >= 4 is 22.6 Å². The van der Waals surface area contributed by atoms with E-state index in [-0.39, 0.29) is 0 Å². The first kappa shape index (κ1) is 11.9. The summed E-state index contributed by atoms with van der Waals surface area (Å²) >= 11 is 2.15. The topological polar surface area (TPSA) is 0 Å². The molecule has 1 rings (SSSR count). The van der Waals surface area contributed by atoms with Gasteiger partial charge in [0.2, 0.25) is 0 Å². The SMILES string of the molecule is CC(C)(C)c1ccccc1.CI. The van der Waals surface area contributed by atoms with Gasteiger partial charge < -0.3 is 0 Å². The van der Waals surface area contributed by atoms with Crippen molar-refractivity contribution in [3.8, 4) is 0 Å². The molecular weight excluding hydrogens is 259 g/mol. The maximum Gasteiger partial charge on any atom is -0.0121 e. The van der Waals surface area contributed by atoms with Gasteiger partial charge in [-0.1, -0.05) is 73.7 Å². The number of halogens is 1. The van der Waals surface area contributed by atoms with Gasteiger partial charge in [0.1, 0.15) is 0 Å². The molecule has 0 amide bonds. The lowest BCUT2D eigenvalue weighted by Crippen LogP contribution is -2.10. The zero-order valence-electron chi connectivity index (χ0n) is 8.26. The molecule has 0 heterocycles. The smallest absolute Gasteiger partial charge is 0.0121 e. The maximum absolute atomic E-state index is 2.22. The quantitative estimate of drug-likeness (QED) is 0.495. The van der Waals surface area contributed by atoms with Gasteiger partial charge in [-0.25, -0.2) is 0 Å². The van der Waals surface area contributed by atoms with Crippen LogP contribution >= 0.6 is 22.6 Å². The largest absolute Gasteiger partial charge is 0.0901 e. The summed E-state index contributed by atoms with van der Waals surface area (Å²) in [5.74, 6) is 0. The van der Waals surface area contributed by atoms with Crippen LogP contribution < -0.4 is 0 Å². The molecule has 1 aromatic rings. The Morgan fingerprint density at radius 1 is 0.917 bits per heavy atom. The molecule has 0 N–H and O–H groups in total. The molecule has 0 aliphatic rings. The fourth-order valence-electron chi connectivity index (χ4n) is 0.938. The standard InChI is InChI=1S/C10H14.CH3I/c1-10(2,3)9-7-5-4-6-8-9;1-2/h4-8H,1-3H3;1H3. The number of hydrogen-bond donors (Lipinski definition) is 0. The van der Waals surface area contributed by atoms with Crippen LogP contribution in [0.5, 0.6) is 0 Å². The van der Waals surface area contributed by atoms with E-state index in [1.165, 1.54) is 5.56 Å². The van der Waals surface area contributed by atoms with E-state index in [0.717, 1.165) is 0 Å². The third kappa shape index (κ3) is 4.10. The normalized spacial score (nSPS) is 10.1. The first-order valence-electron chi connectivity index (χ1n) is 4.04. The first-order chi connectivity index (χ1) is 5.61. The molecule has 0 aromatic heterocycles. The Bertz CT molecular complexity index is 196. The molecule has 0 saturated heterocycles. The lowest BCUT2D eigenvalue weighted by molar-refractivity contribution is 0.590. The van der Waals surface area contributed by atoms with Crippen molar-refractivity contribution in [1.82, 2.24) is 0 Å². The van der Waals surface area contributed by atoms with Crippen LogP contribution in [0.2, 0.25) is 0 Å². The van der Waals surface area contributed by atoms with Crippen molar-refractivity contribution in [2.45, 2.75) is 26.2 Å². The zero-order chi connectivity index (χ0) is 9.61. The van der Waals surface area contributed by atoms with Crippen LogP contribution in [-0.4, -0.2) is 4.93 Å². The van der Waals surface area contributed by atoms with Crippen LogP contribution in [-0.2, 0) is 5.41 Å². The summed E-state index contributed by atoms with van der Waals surface area (Å²) < 4.78 is 0. The van der Waals surface area contributed by atoms with Gasteiger partial charge in [-0.15, -0.1) is 0 Å². The molecule has 0 saturated carbocycles. The Morgan fingerprint density at radius 3 is 1.58 bits per heavy atom. The molecule has 0 radical (unpaired) electrons. The number of benzene rings is 1. The number of hydrogen-bond acceptors (Lipinski definition) is 0. The fraction of sp³-hybridized carbons (Fsp3) is 0.455. The Morgan fingerprint density at radius 2 is 1.33 bits per heavy atom. The second kappa shape index (κ2) is 5.57. The summed E-state index contributed by atoms with van der Waals surface area (Å²) in [6.07, 6.45) is 0. The molecular formula is C11H17I. The van der Waals surface area contributed by atoms with E-state index in [9.17, 15) is 0 Å². The van der Waals surface area contributed by atoms with E-state index in [1.807, 2.05) is 4.93 Å². The lowest BCUT2D eigenvalue weighted by Gasteiger charge is -2.18. The van der Waals surface area contributed by atoms with Crippen LogP contribution in [0.4, 0.5) is 0 Å². The van der Waals surface area contributed by atoms with Crippen molar-refractivity contribution in [3.05, 3.63) is 35.9 Å². The van der Waals surface area contributed by atoms with Gasteiger partial charge in [-0.05, 0) is 15.9 Å². The summed E-state index contributed by atoms with van der Waals surface area (Å²) in [5, 5.41) is 0. The minimum atomic E-state index is 0.293. The Labute approximate surface area is 89.5 Å². The first-order valence-corrected chi connectivity index (χ1v) is 6.20. The van der Waals surface area contributed by atoms with Crippen LogP contribution in [0.25, 0.3) is 0 Å². The molecule has 0 fully saturated rings. The molecule has 0 atom stereocenters. The van der Waals surface area contributed by atoms with Gasteiger partial charge >= 0.3 is 0 Å². The van der Waals surface area contributed by atoms with Crippen molar-refractivity contribution in [3.63, 3.8) is 0 Å². The fourth-order valence-corrected chi connectivity index (χ4v) is 0.938. The summed E-state index contributed by atoms with van der Waals surface area (Å²) in [5.41, 5.74) is 1.69. The Hall–Kier alpha value is -0.0500. The van der Waals surface area contributed by atoms with Gasteiger partial charge in [-0.3, -0.25) is 0 Å². The Kier molecular flexibility index (Phi) is 5.55. The lowest BCUT2D eigenvalue weighted by atomic mass is 9.87. The van der Waals surface area contributed by atoms with Gasteiger partial charge in [0.25, 0.3) is 0 Å². The van der Waals surface area contributed by atoms with Gasteiger partial charge in [0, 0.05) is 0 Å². The van der Waals surface area contributed by atoms with Crippen LogP contribution in [0.15, 0.2) is 30.3 Å². The molecule has 0 aliphatic carbocycles. The van der Waals surface area contributed by atoms with E-state index in [1.54, 1.807) is 0 Å². The maximum atomic E-state index is 2.22. The van der Waals surface area contributed by atoms with Crippen LogP contribution in [0, 0.1) is 0 Å². The summed E-state index contributed by atoms with van der Waals surface area (Å²) in [6, 6.07) is 10.6. The van der Waals surface area contributed by atoms with E-state index < -0.39 is 0 Å². The average molecular weight is 276 g/mol. The molecule has 12 heavy (non-hydrogen) atoms. The molecule has 0 spiro atoms. The predicted octanol–water partition coefficient (Wildman–Crippen LogP) is 4.04. The molecule has 0 nitrogen and oxygen atoms in total. The van der Waals surface area contributed by atoms with Crippen molar-refractivity contribution in [2.24, 2.45) is 0 Å². The second-order valence-corrected chi connectivity index (χ2v) is 3.62. The van der Waals surface area contributed by atoms with E-state index >= 15 is 0 Å². The highest BCUT2D eigenvalue weighted by molar-refractivity contribution is 14.1. The summed E-state index contributed by atoms with van der Waals surface area (Å²) in [4.78, 5) is 1.97. The predicted molar refractivity (Wildman–Crippen MR) is 65.1 cm³/mol. The highest BCUT2D eigenvalue weighted by atomic mass is 127. The minimum Gasteiger partial charge on any atom is -0.0901 e.